The molecule has 2 saturated heterocycles. The molecule has 2 aliphatic rings. The van der Waals surface area contributed by atoms with E-state index in [1.807, 2.05) is 36.1 Å². The molecule has 0 spiro atoms. The van der Waals surface area contributed by atoms with Crippen LogP contribution in [0.2, 0.25) is 5.02 Å². The quantitative estimate of drug-likeness (QED) is 0.849. The zero-order valence-electron chi connectivity index (χ0n) is 14.8. The van der Waals surface area contributed by atoms with Crippen molar-refractivity contribution in [1.82, 2.24) is 20.0 Å². The van der Waals surface area contributed by atoms with Crippen molar-refractivity contribution in [2.75, 3.05) is 26.2 Å². The summed E-state index contributed by atoms with van der Waals surface area (Å²) in [6, 6.07) is 7.50. The van der Waals surface area contributed by atoms with Crippen molar-refractivity contribution in [2.24, 2.45) is 11.8 Å². The average Bonchev–Trinajstić information content (AvgIpc) is 3.17. The number of nitrogens with one attached hydrogen (secondary N) is 1. The number of benzene rings is 1. The van der Waals surface area contributed by atoms with E-state index < -0.39 is 0 Å². The molecule has 1 aromatic heterocycles. The molecule has 140 valence electrons. The van der Waals surface area contributed by atoms with Gasteiger partial charge in [0.25, 0.3) is 5.91 Å². The molecule has 1 N–H and O–H groups in total. The van der Waals surface area contributed by atoms with E-state index in [-0.39, 0.29) is 18.3 Å². The van der Waals surface area contributed by atoms with Crippen molar-refractivity contribution in [3.63, 3.8) is 0 Å². The van der Waals surface area contributed by atoms with Crippen LogP contribution in [0.15, 0.2) is 30.5 Å². The summed E-state index contributed by atoms with van der Waals surface area (Å²) in [6.07, 6.45) is 3.88. The number of carbonyl (C=O) groups excluding carboxylic acids is 1. The third-order valence-corrected chi connectivity index (χ3v) is 5.87. The third-order valence-electron chi connectivity index (χ3n) is 5.62. The molecule has 0 radical (unpaired) electrons. The Bertz CT molecular complexity index is 760. The number of halogens is 2. The summed E-state index contributed by atoms with van der Waals surface area (Å²) in [4.78, 5) is 15.0. The van der Waals surface area contributed by atoms with Crippen molar-refractivity contribution in [3.8, 4) is 5.69 Å². The second-order valence-corrected chi connectivity index (χ2v) is 7.52. The predicted molar refractivity (Wildman–Crippen MR) is 106 cm³/mol. The minimum atomic E-state index is 0. The molecule has 3 heterocycles. The van der Waals surface area contributed by atoms with Crippen LogP contribution in [0.25, 0.3) is 5.69 Å². The van der Waals surface area contributed by atoms with Gasteiger partial charge in [0.15, 0.2) is 0 Å². The standard InChI is InChI=1S/C19H23ClN4O.ClH/c1-13-18(12-22-24(13)17-4-2-16(20)3-5-17)19(25)23-8-6-14-10-21-11-15(14)7-9-23;/h2-5,12,14-15,21H,6-11H2,1H3;1H/t14-,15+;. The lowest BCUT2D eigenvalue weighted by molar-refractivity contribution is 0.0757. The van der Waals surface area contributed by atoms with Crippen molar-refractivity contribution >= 4 is 29.9 Å². The fourth-order valence-electron chi connectivity index (χ4n) is 4.05. The highest BCUT2D eigenvalue weighted by Gasteiger charge is 2.32. The van der Waals surface area contributed by atoms with Crippen LogP contribution in [-0.2, 0) is 0 Å². The van der Waals surface area contributed by atoms with Crippen LogP contribution in [0.4, 0.5) is 0 Å². The number of amides is 1. The van der Waals surface area contributed by atoms with E-state index in [4.69, 9.17) is 11.6 Å². The van der Waals surface area contributed by atoms with Crippen LogP contribution in [0, 0.1) is 18.8 Å². The average molecular weight is 395 g/mol. The number of likely N-dealkylation sites (tertiary alicyclic amines) is 1. The lowest BCUT2D eigenvalue weighted by Crippen LogP contribution is -2.33. The minimum absolute atomic E-state index is 0. The Hall–Kier alpha value is -1.56. The van der Waals surface area contributed by atoms with E-state index in [9.17, 15) is 4.79 Å². The monoisotopic (exact) mass is 394 g/mol. The van der Waals surface area contributed by atoms with Gasteiger partial charge >= 0.3 is 0 Å². The molecule has 2 atom stereocenters. The van der Waals surface area contributed by atoms with Gasteiger partial charge in [0.05, 0.1) is 23.1 Å². The molecule has 1 amide bonds. The molecule has 7 heteroatoms. The maximum absolute atomic E-state index is 13.0. The maximum atomic E-state index is 13.0. The fourth-order valence-corrected chi connectivity index (χ4v) is 4.18. The molecule has 0 unspecified atom stereocenters. The highest BCUT2D eigenvalue weighted by molar-refractivity contribution is 6.30. The van der Waals surface area contributed by atoms with E-state index in [0.717, 1.165) is 62.2 Å². The largest absolute Gasteiger partial charge is 0.339 e. The zero-order chi connectivity index (χ0) is 17.4. The molecule has 0 aliphatic carbocycles. The summed E-state index contributed by atoms with van der Waals surface area (Å²) in [5.41, 5.74) is 2.48. The number of hydrogen-bond donors (Lipinski definition) is 1. The van der Waals surface area contributed by atoms with Crippen LogP contribution in [0.3, 0.4) is 0 Å². The lowest BCUT2D eigenvalue weighted by Gasteiger charge is -2.20. The Morgan fingerprint density at radius 3 is 2.38 bits per heavy atom. The molecular formula is C19H24Cl2N4O. The van der Waals surface area contributed by atoms with Crippen LogP contribution >= 0.6 is 24.0 Å². The number of fused-ring (bicyclic) bond motifs is 1. The first-order chi connectivity index (χ1) is 12.1. The lowest BCUT2D eigenvalue weighted by atomic mass is 9.92. The van der Waals surface area contributed by atoms with E-state index >= 15 is 0 Å². The summed E-state index contributed by atoms with van der Waals surface area (Å²) in [5, 5.41) is 8.59. The van der Waals surface area contributed by atoms with E-state index in [2.05, 4.69) is 10.4 Å². The summed E-state index contributed by atoms with van der Waals surface area (Å²) in [7, 11) is 0. The van der Waals surface area contributed by atoms with Gasteiger partial charge in [-0.3, -0.25) is 4.79 Å². The van der Waals surface area contributed by atoms with Crippen molar-refractivity contribution in [2.45, 2.75) is 19.8 Å². The molecule has 5 nitrogen and oxygen atoms in total. The van der Waals surface area contributed by atoms with Gasteiger partial charge in [-0.1, -0.05) is 11.6 Å². The summed E-state index contributed by atoms with van der Waals surface area (Å²) in [6.45, 7) is 5.83. The number of rotatable bonds is 2. The second kappa shape index (κ2) is 7.99. The topological polar surface area (TPSA) is 50.2 Å². The first-order valence-electron chi connectivity index (χ1n) is 8.94. The van der Waals surface area contributed by atoms with Crippen molar-refractivity contribution in [1.29, 1.82) is 0 Å². The normalized spacial score (nSPS) is 22.5. The third kappa shape index (κ3) is 3.61. The van der Waals surface area contributed by atoms with Gasteiger partial charge in [0.2, 0.25) is 0 Å². The molecule has 0 saturated carbocycles. The Morgan fingerprint density at radius 1 is 1.15 bits per heavy atom. The minimum Gasteiger partial charge on any atom is -0.339 e. The number of aromatic nitrogens is 2. The molecule has 26 heavy (non-hydrogen) atoms. The molecule has 0 bridgehead atoms. The zero-order valence-corrected chi connectivity index (χ0v) is 16.4. The molecule has 2 fully saturated rings. The van der Waals surface area contributed by atoms with Gasteiger partial charge in [-0.25, -0.2) is 4.68 Å². The van der Waals surface area contributed by atoms with Gasteiger partial charge < -0.3 is 10.2 Å². The number of nitrogens with zero attached hydrogens (tertiary/aromatic N) is 3. The van der Waals surface area contributed by atoms with Crippen LogP contribution in [0.1, 0.15) is 28.9 Å². The second-order valence-electron chi connectivity index (χ2n) is 7.08. The number of carbonyl (C=O) groups is 1. The van der Waals surface area contributed by atoms with Crippen LogP contribution in [0.5, 0.6) is 0 Å². The first kappa shape index (κ1) is 19.2. The number of hydrogen-bond acceptors (Lipinski definition) is 3. The molecule has 1 aromatic carbocycles. The molecule has 2 aliphatic heterocycles. The van der Waals surface area contributed by atoms with Gasteiger partial charge in [-0.2, -0.15) is 5.10 Å². The Labute approximate surface area is 165 Å². The fraction of sp³-hybridized carbons (Fsp3) is 0.474. The van der Waals surface area contributed by atoms with Gasteiger partial charge in [-0.05, 0) is 69.0 Å². The van der Waals surface area contributed by atoms with E-state index in [0.29, 0.717) is 10.6 Å². The smallest absolute Gasteiger partial charge is 0.257 e. The SMILES string of the molecule is Cc1c(C(=O)N2CC[C@@H]3CNC[C@@H]3CC2)cnn1-c1ccc(Cl)cc1.Cl. The van der Waals surface area contributed by atoms with Crippen LogP contribution in [-0.4, -0.2) is 46.8 Å². The summed E-state index contributed by atoms with van der Waals surface area (Å²) < 4.78 is 1.81. The van der Waals surface area contributed by atoms with Gasteiger partial charge in [0, 0.05) is 18.1 Å². The van der Waals surface area contributed by atoms with Crippen molar-refractivity contribution < 1.29 is 4.79 Å². The predicted octanol–water partition coefficient (Wildman–Crippen LogP) is 3.33. The Balaban J connectivity index is 0.00000196. The molecule has 4 rings (SSSR count). The van der Waals surface area contributed by atoms with E-state index in [1.54, 1.807) is 10.9 Å². The Morgan fingerprint density at radius 2 is 1.77 bits per heavy atom. The van der Waals surface area contributed by atoms with Gasteiger partial charge in [-0.15, -0.1) is 12.4 Å². The Kier molecular flexibility index (Phi) is 5.90. The van der Waals surface area contributed by atoms with Crippen molar-refractivity contribution in [3.05, 3.63) is 46.7 Å². The molecular weight excluding hydrogens is 371 g/mol. The highest BCUT2D eigenvalue weighted by atomic mass is 35.5. The van der Waals surface area contributed by atoms with Crippen LogP contribution < -0.4 is 5.32 Å². The summed E-state index contributed by atoms with van der Waals surface area (Å²) in [5.74, 6) is 1.54. The maximum Gasteiger partial charge on any atom is 0.257 e. The van der Waals surface area contributed by atoms with E-state index in [1.165, 1.54) is 0 Å². The highest BCUT2D eigenvalue weighted by Crippen LogP contribution is 2.28. The summed E-state index contributed by atoms with van der Waals surface area (Å²) >= 11 is 5.96. The molecule has 2 aromatic rings. The first-order valence-corrected chi connectivity index (χ1v) is 9.32. The van der Waals surface area contributed by atoms with Gasteiger partial charge in [0.1, 0.15) is 0 Å².